The van der Waals surface area contributed by atoms with Crippen LogP contribution in [0.3, 0.4) is 0 Å². The van der Waals surface area contributed by atoms with Gasteiger partial charge in [0, 0.05) is 18.8 Å². The normalized spacial score (nSPS) is 11.1. The van der Waals surface area contributed by atoms with Gasteiger partial charge in [0.1, 0.15) is 17.0 Å². The zero-order chi connectivity index (χ0) is 19.7. The summed E-state index contributed by atoms with van der Waals surface area (Å²) in [6.07, 6.45) is -1.92. The number of rotatable bonds is 4. The predicted octanol–water partition coefficient (Wildman–Crippen LogP) is 4.66. The SMILES string of the molecule is Cn1cc(C(=O)Oc2ccccc2-c2cc(F)c(F)c(F)c2)c(C(F)F)n1. The Labute approximate surface area is 149 Å². The molecule has 1 heterocycles. The molecule has 0 amide bonds. The first-order chi connectivity index (χ1) is 12.8. The summed E-state index contributed by atoms with van der Waals surface area (Å²) in [5.74, 6) is -5.73. The second-order valence-electron chi connectivity index (χ2n) is 5.54. The first-order valence-electron chi connectivity index (χ1n) is 7.55. The predicted molar refractivity (Wildman–Crippen MR) is 84.9 cm³/mol. The zero-order valence-electron chi connectivity index (χ0n) is 13.7. The van der Waals surface area contributed by atoms with Crippen LogP contribution < -0.4 is 4.74 Å². The van der Waals surface area contributed by atoms with Gasteiger partial charge in [0.05, 0.1) is 0 Å². The zero-order valence-corrected chi connectivity index (χ0v) is 13.7. The molecule has 9 heteroatoms. The van der Waals surface area contributed by atoms with Crippen LogP contribution >= 0.6 is 0 Å². The van der Waals surface area contributed by atoms with Crippen LogP contribution in [-0.2, 0) is 7.05 Å². The maximum Gasteiger partial charge on any atom is 0.347 e. The number of esters is 1. The molecule has 4 nitrogen and oxygen atoms in total. The molecule has 3 aromatic rings. The van der Waals surface area contributed by atoms with Crippen molar-refractivity contribution in [2.24, 2.45) is 7.05 Å². The summed E-state index contributed by atoms with van der Waals surface area (Å²) >= 11 is 0. The van der Waals surface area contributed by atoms with Crippen LogP contribution in [0.15, 0.2) is 42.6 Å². The minimum atomic E-state index is -3.00. The lowest BCUT2D eigenvalue weighted by Crippen LogP contribution is -2.11. The summed E-state index contributed by atoms with van der Waals surface area (Å²) in [5.41, 5.74) is -1.21. The molecule has 0 radical (unpaired) electrons. The Morgan fingerprint density at radius 2 is 1.74 bits per heavy atom. The van der Waals surface area contributed by atoms with E-state index in [0.717, 1.165) is 23.0 Å². The standard InChI is InChI=1S/C18H11F5N2O2/c1-25-8-11(16(24-25)17(22)23)18(26)27-14-5-3-2-4-10(14)9-6-12(19)15(21)13(20)7-9/h2-8,17H,1H3. The van der Waals surface area contributed by atoms with Crippen LogP contribution in [0, 0.1) is 17.5 Å². The number of para-hydroxylation sites is 1. The summed E-state index contributed by atoms with van der Waals surface area (Å²) < 4.78 is 72.4. The molecule has 0 atom stereocenters. The monoisotopic (exact) mass is 382 g/mol. The summed E-state index contributed by atoms with van der Waals surface area (Å²) in [6, 6.07) is 7.14. The van der Waals surface area contributed by atoms with Gasteiger partial charge in [-0.2, -0.15) is 5.10 Å². The number of halogens is 5. The number of aryl methyl sites for hydroxylation is 1. The Balaban J connectivity index is 1.99. The number of benzene rings is 2. The number of carbonyl (C=O) groups excluding carboxylic acids is 1. The number of nitrogens with zero attached hydrogens (tertiary/aromatic N) is 2. The van der Waals surface area contributed by atoms with Crippen molar-refractivity contribution >= 4 is 5.97 Å². The van der Waals surface area contributed by atoms with Gasteiger partial charge in [-0.15, -0.1) is 0 Å². The van der Waals surface area contributed by atoms with E-state index in [4.69, 9.17) is 4.74 Å². The molecule has 0 aliphatic heterocycles. The van der Waals surface area contributed by atoms with Crippen molar-refractivity contribution in [1.82, 2.24) is 9.78 Å². The second-order valence-corrected chi connectivity index (χ2v) is 5.54. The van der Waals surface area contributed by atoms with E-state index in [1.807, 2.05) is 0 Å². The van der Waals surface area contributed by atoms with E-state index in [1.54, 1.807) is 0 Å². The van der Waals surface area contributed by atoms with Crippen LogP contribution in [0.25, 0.3) is 11.1 Å². The van der Waals surface area contributed by atoms with E-state index in [-0.39, 0.29) is 16.9 Å². The molecule has 0 bridgehead atoms. The van der Waals surface area contributed by atoms with Gasteiger partial charge in [-0.3, -0.25) is 4.68 Å². The molecule has 0 aliphatic carbocycles. The summed E-state index contributed by atoms with van der Waals surface area (Å²) in [7, 11) is 1.36. The highest BCUT2D eigenvalue weighted by molar-refractivity contribution is 5.93. The Morgan fingerprint density at radius 3 is 2.37 bits per heavy atom. The third-order valence-corrected chi connectivity index (χ3v) is 3.67. The Morgan fingerprint density at radius 1 is 1.11 bits per heavy atom. The fourth-order valence-corrected chi connectivity index (χ4v) is 2.48. The average molecular weight is 382 g/mol. The quantitative estimate of drug-likeness (QED) is 0.285. The van der Waals surface area contributed by atoms with Gasteiger partial charge >= 0.3 is 5.97 Å². The number of carbonyl (C=O) groups is 1. The molecular weight excluding hydrogens is 371 g/mol. The van der Waals surface area contributed by atoms with Crippen molar-refractivity contribution in [2.75, 3.05) is 0 Å². The van der Waals surface area contributed by atoms with Crippen LogP contribution in [0.4, 0.5) is 22.0 Å². The number of hydrogen-bond acceptors (Lipinski definition) is 3. The Hall–Kier alpha value is -3.23. The van der Waals surface area contributed by atoms with E-state index >= 15 is 0 Å². The highest BCUT2D eigenvalue weighted by atomic mass is 19.3. The minimum Gasteiger partial charge on any atom is -0.422 e. The fourth-order valence-electron chi connectivity index (χ4n) is 2.48. The molecular formula is C18H11F5N2O2. The number of alkyl halides is 2. The molecule has 2 aromatic carbocycles. The maximum atomic E-state index is 13.5. The van der Waals surface area contributed by atoms with Gasteiger partial charge in [0.2, 0.25) is 0 Å². The maximum absolute atomic E-state index is 13.5. The number of aromatic nitrogens is 2. The molecule has 0 aliphatic rings. The van der Waals surface area contributed by atoms with E-state index in [2.05, 4.69) is 5.10 Å². The van der Waals surface area contributed by atoms with Crippen molar-refractivity contribution in [3.05, 3.63) is 71.3 Å². The molecule has 0 N–H and O–H groups in total. The minimum absolute atomic E-state index is 0.0751. The van der Waals surface area contributed by atoms with Gasteiger partial charge in [-0.25, -0.2) is 26.7 Å². The van der Waals surface area contributed by atoms with Crippen LogP contribution in [0.2, 0.25) is 0 Å². The largest absolute Gasteiger partial charge is 0.422 e. The number of ether oxygens (including phenoxy) is 1. The molecule has 0 saturated heterocycles. The average Bonchev–Trinajstić information content (AvgIpc) is 3.02. The first-order valence-corrected chi connectivity index (χ1v) is 7.55. The lowest BCUT2D eigenvalue weighted by Gasteiger charge is -2.11. The molecule has 3 rings (SSSR count). The van der Waals surface area contributed by atoms with E-state index in [1.165, 1.54) is 31.3 Å². The topological polar surface area (TPSA) is 44.1 Å². The smallest absolute Gasteiger partial charge is 0.347 e. The van der Waals surface area contributed by atoms with Crippen molar-refractivity contribution < 1.29 is 31.5 Å². The number of hydrogen-bond donors (Lipinski definition) is 0. The van der Waals surface area contributed by atoms with E-state index in [0.29, 0.717) is 0 Å². The molecule has 0 unspecified atom stereocenters. The van der Waals surface area contributed by atoms with E-state index in [9.17, 15) is 26.7 Å². The highest BCUT2D eigenvalue weighted by Gasteiger charge is 2.25. The van der Waals surface area contributed by atoms with Crippen molar-refractivity contribution in [1.29, 1.82) is 0 Å². The molecule has 0 fully saturated rings. The molecule has 27 heavy (non-hydrogen) atoms. The lowest BCUT2D eigenvalue weighted by atomic mass is 10.0. The molecule has 140 valence electrons. The molecule has 0 spiro atoms. The van der Waals surface area contributed by atoms with Gasteiger partial charge in [-0.05, 0) is 23.8 Å². The Bertz CT molecular complexity index is 994. The van der Waals surface area contributed by atoms with Gasteiger partial charge < -0.3 is 4.74 Å². The van der Waals surface area contributed by atoms with Crippen molar-refractivity contribution in [3.63, 3.8) is 0 Å². The highest BCUT2D eigenvalue weighted by Crippen LogP contribution is 2.32. The summed E-state index contributed by atoms with van der Waals surface area (Å²) in [5, 5.41) is 3.51. The molecule has 1 aromatic heterocycles. The van der Waals surface area contributed by atoms with E-state index < -0.39 is 41.1 Å². The molecule has 0 saturated carbocycles. The van der Waals surface area contributed by atoms with Crippen LogP contribution in [0.1, 0.15) is 22.5 Å². The second kappa shape index (κ2) is 7.18. The third-order valence-electron chi connectivity index (χ3n) is 3.67. The summed E-state index contributed by atoms with van der Waals surface area (Å²) in [4.78, 5) is 12.3. The Kier molecular flexibility index (Phi) is 4.93. The van der Waals surface area contributed by atoms with Gasteiger partial charge in [0.25, 0.3) is 6.43 Å². The van der Waals surface area contributed by atoms with Crippen LogP contribution in [0.5, 0.6) is 5.75 Å². The van der Waals surface area contributed by atoms with Crippen LogP contribution in [-0.4, -0.2) is 15.7 Å². The lowest BCUT2D eigenvalue weighted by molar-refractivity contribution is 0.0722. The van der Waals surface area contributed by atoms with Gasteiger partial charge in [-0.1, -0.05) is 18.2 Å². The van der Waals surface area contributed by atoms with Crippen molar-refractivity contribution in [2.45, 2.75) is 6.43 Å². The summed E-state index contributed by atoms with van der Waals surface area (Å²) in [6.45, 7) is 0. The third kappa shape index (κ3) is 3.67. The first kappa shape index (κ1) is 18.6. The van der Waals surface area contributed by atoms with Crippen molar-refractivity contribution in [3.8, 4) is 16.9 Å². The van der Waals surface area contributed by atoms with Gasteiger partial charge in [0.15, 0.2) is 17.5 Å². The fraction of sp³-hybridized carbons (Fsp3) is 0.111.